The first-order chi connectivity index (χ1) is 6.27. The summed E-state index contributed by atoms with van der Waals surface area (Å²) in [7, 11) is 0. The minimum Gasteiger partial charge on any atom is -0.512 e. The number of hydrogen-bond acceptors (Lipinski definition) is 3. The summed E-state index contributed by atoms with van der Waals surface area (Å²) in [6.45, 7) is 0. The molecule has 3 N–H and O–H groups in total. The van der Waals surface area contributed by atoms with Crippen LogP contribution in [0.15, 0.2) is 28.8 Å². The highest BCUT2D eigenvalue weighted by atomic mass is 16.3. The number of nitrogens with zero attached hydrogens (tertiary/aromatic N) is 1. The van der Waals surface area contributed by atoms with E-state index in [1.807, 2.05) is 6.08 Å². The molecule has 0 aromatic carbocycles. The van der Waals surface area contributed by atoms with Crippen LogP contribution in [-0.2, 0) is 0 Å². The van der Waals surface area contributed by atoms with Crippen molar-refractivity contribution in [1.82, 2.24) is 15.2 Å². The zero-order valence-corrected chi connectivity index (χ0v) is 6.82. The number of aromatic nitrogens is 3. The van der Waals surface area contributed by atoms with E-state index in [1.165, 1.54) is 0 Å². The van der Waals surface area contributed by atoms with Crippen LogP contribution in [0.25, 0.3) is 0 Å². The Balaban J connectivity index is 2.32. The standard InChI is InChI=1S/C8H9N3O2/c12-6-4-2-1-3-5(6)7-9-8(13)11-10-7/h1-2,4-5,12H,3H2,(H2,9,10,11,13). The monoisotopic (exact) mass is 179 g/mol. The van der Waals surface area contributed by atoms with Gasteiger partial charge in [0.15, 0.2) is 0 Å². The van der Waals surface area contributed by atoms with Crippen LogP contribution in [0.3, 0.4) is 0 Å². The van der Waals surface area contributed by atoms with Gasteiger partial charge in [0, 0.05) is 0 Å². The van der Waals surface area contributed by atoms with Crippen LogP contribution in [0.4, 0.5) is 0 Å². The minimum atomic E-state index is -0.350. The molecule has 0 saturated heterocycles. The van der Waals surface area contributed by atoms with Crippen molar-refractivity contribution in [1.29, 1.82) is 0 Å². The van der Waals surface area contributed by atoms with Crippen LogP contribution in [-0.4, -0.2) is 20.3 Å². The van der Waals surface area contributed by atoms with E-state index in [-0.39, 0.29) is 17.4 Å². The van der Waals surface area contributed by atoms with E-state index in [9.17, 15) is 9.90 Å². The molecule has 0 spiro atoms. The second-order valence-electron chi connectivity index (χ2n) is 2.87. The summed E-state index contributed by atoms with van der Waals surface area (Å²) >= 11 is 0. The number of rotatable bonds is 1. The molecule has 0 fully saturated rings. The van der Waals surface area contributed by atoms with Gasteiger partial charge in [0.1, 0.15) is 11.6 Å². The van der Waals surface area contributed by atoms with Crippen LogP contribution >= 0.6 is 0 Å². The predicted octanol–water partition coefficient (Wildman–Crippen LogP) is 0.583. The Hall–Kier alpha value is -1.78. The SMILES string of the molecule is O=c1[nH]nc(C2CC=CC=C2O)[nH]1. The zero-order chi connectivity index (χ0) is 9.26. The molecular formula is C8H9N3O2. The third-order valence-corrected chi connectivity index (χ3v) is 1.98. The normalized spacial score (nSPS) is 21.5. The third kappa shape index (κ3) is 1.40. The Labute approximate surface area is 73.8 Å². The Kier molecular flexibility index (Phi) is 1.77. The Morgan fingerprint density at radius 3 is 3.08 bits per heavy atom. The van der Waals surface area contributed by atoms with Gasteiger partial charge in [-0.25, -0.2) is 9.89 Å². The maximum absolute atomic E-state index is 10.7. The lowest BCUT2D eigenvalue weighted by atomic mass is 9.98. The van der Waals surface area contributed by atoms with Crippen molar-refractivity contribution in [3.63, 3.8) is 0 Å². The highest BCUT2D eigenvalue weighted by Crippen LogP contribution is 2.25. The topological polar surface area (TPSA) is 81.8 Å². The highest BCUT2D eigenvalue weighted by Gasteiger charge is 2.19. The molecule has 0 aliphatic heterocycles. The van der Waals surface area contributed by atoms with E-state index in [1.54, 1.807) is 12.2 Å². The molecule has 0 bridgehead atoms. The van der Waals surface area contributed by atoms with Gasteiger partial charge in [0.2, 0.25) is 0 Å². The molecule has 13 heavy (non-hydrogen) atoms. The van der Waals surface area contributed by atoms with Gasteiger partial charge < -0.3 is 5.11 Å². The first-order valence-electron chi connectivity index (χ1n) is 3.97. The third-order valence-electron chi connectivity index (χ3n) is 1.98. The van der Waals surface area contributed by atoms with Gasteiger partial charge >= 0.3 is 5.69 Å². The summed E-state index contributed by atoms with van der Waals surface area (Å²) in [5.74, 6) is 0.484. The van der Waals surface area contributed by atoms with E-state index >= 15 is 0 Å². The average molecular weight is 179 g/mol. The molecule has 1 aromatic heterocycles. The summed E-state index contributed by atoms with van der Waals surface area (Å²) in [4.78, 5) is 13.3. The Bertz CT molecular complexity index is 413. The average Bonchev–Trinajstić information content (AvgIpc) is 2.53. The highest BCUT2D eigenvalue weighted by molar-refractivity contribution is 5.23. The second kappa shape index (κ2) is 2.93. The van der Waals surface area contributed by atoms with Crippen LogP contribution in [0.2, 0.25) is 0 Å². The molecule has 0 saturated carbocycles. The first kappa shape index (κ1) is 7.85. The second-order valence-corrected chi connectivity index (χ2v) is 2.87. The predicted molar refractivity (Wildman–Crippen MR) is 46.4 cm³/mol. The first-order valence-corrected chi connectivity index (χ1v) is 3.97. The lowest BCUT2D eigenvalue weighted by molar-refractivity contribution is 0.360. The number of aliphatic hydroxyl groups is 1. The van der Waals surface area contributed by atoms with E-state index in [0.717, 1.165) is 0 Å². The molecule has 1 heterocycles. The van der Waals surface area contributed by atoms with Crippen molar-refractivity contribution in [3.05, 3.63) is 40.3 Å². The molecule has 1 unspecified atom stereocenters. The van der Waals surface area contributed by atoms with Gasteiger partial charge in [0.05, 0.1) is 5.92 Å². The molecule has 5 nitrogen and oxygen atoms in total. The molecule has 68 valence electrons. The van der Waals surface area contributed by atoms with Gasteiger partial charge in [-0.05, 0) is 12.5 Å². The number of allylic oxidation sites excluding steroid dienone is 4. The number of nitrogens with one attached hydrogen (secondary N) is 2. The number of H-pyrrole nitrogens is 2. The fraction of sp³-hybridized carbons (Fsp3) is 0.250. The Morgan fingerprint density at radius 1 is 1.62 bits per heavy atom. The molecule has 1 atom stereocenters. The summed E-state index contributed by atoms with van der Waals surface area (Å²) in [6, 6.07) is 0. The summed E-state index contributed by atoms with van der Waals surface area (Å²) in [5, 5.41) is 15.5. The molecule has 0 radical (unpaired) electrons. The Morgan fingerprint density at radius 2 is 2.46 bits per heavy atom. The number of aliphatic hydroxyl groups excluding tert-OH is 1. The van der Waals surface area contributed by atoms with Gasteiger partial charge in [0.25, 0.3) is 0 Å². The molecular weight excluding hydrogens is 170 g/mol. The minimum absolute atomic E-state index is 0.219. The summed E-state index contributed by atoms with van der Waals surface area (Å²) < 4.78 is 0. The number of hydrogen-bond donors (Lipinski definition) is 3. The van der Waals surface area contributed by atoms with Crippen LogP contribution in [0.5, 0.6) is 0 Å². The lowest BCUT2D eigenvalue weighted by Crippen LogP contribution is -2.07. The fourth-order valence-electron chi connectivity index (χ4n) is 1.32. The van der Waals surface area contributed by atoms with Gasteiger partial charge in [-0.2, -0.15) is 5.10 Å². The van der Waals surface area contributed by atoms with Crippen molar-refractivity contribution < 1.29 is 5.11 Å². The van der Waals surface area contributed by atoms with Crippen molar-refractivity contribution in [2.75, 3.05) is 0 Å². The van der Waals surface area contributed by atoms with Crippen LogP contribution < -0.4 is 5.69 Å². The van der Waals surface area contributed by atoms with Crippen LogP contribution in [0.1, 0.15) is 18.2 Å². The lowest BCUT2D eigenvalue weighted by Gasteiger charge is -2.12. The molecule has 2 rings (SSSR count). The largest absolute Gasteiger partial charge is 0.512 e. The smallest absolute Gasteiger partial charge is 0.340 e. The van der Waals surface area contributed by atoms with E-state index in [0.29, 0.717) is 12.2 Å². The van der Waals surface area contributed by atoms with Crippen molar-refractivity contribution in [2.45, 2.75) is 12.3 Å². The molecule has 1 aromatic rings. The van der Waals surface area contributed by atoms with Crippen LogP contribution in [0, 0.1) is 0 Å². The van der Waals surface area contributed by atoms with Crippen molar-refractivity contribution in [2.24, 2.45) is 0 Å². The van der Waals surface area contributed by atoms with Gasteiger partial charge in [-0.15, -0.1) is 0 Å². The van der Waals surface area contributed by atoms with E-state index in [4.69, 9.17) is 0 Å². The molecule has 5 heteroatoms. The number of aromatic amines is 2. The fourth-order valence-corrected chi connectivity index (χ4v) is 1.32. The van der Waals surface area contributed by atoms with Crippen molar-refractivity contribution in [3.8, 4) is 0 Å². The summed E-state index contributed by atoms with van der Waals surface area (Å²) in [6.07, 6.45) is 5.94. The van der Waals surface area contributed by atoms with Gasteiger partial charge in [-0.3, -0.25) is 4.98 Å². The molecule has 0 amide bonds. The van der Waals surface area contributed by atoms with Crippen molar-refractivity contribution >= 4 is 0 Å². The maximum Gasteiger partial charge on any atom is 0.340 e. The van der Waals surface area contributed by atoms with E-state index < -0.39 is 0 Å². The van der Waals surface area contributed by atoms with E-state index in [2.05, 4.69) is 15.2 Å². The summed E-state index contributed by atoms with van der Waals surface area (Å²) in [5.41, 5.74) is -0.350. The zero-order valence-electron chi connectivity index (χ0n) is 6.82. The quantitative estimate of drug-likeness (QED) is 0.589. The molecule has 1 aliphatic rings. The van der Waals surface area contributed by atoms with Gasteiger partial charge in [-0.1, -0.05) is 12.2 Å². The maximum atomic E-state index is 10.7. The molecule has 1 aliphatic carbocycles.